The van der Waals surface area contributed by atoms with E-state index in [9.17, 15) is 19.4 Å². The van der Waals surface area contributed by atoms with Crippen LogP contribution < -0.4 is 0 Å². The molecule has 1 N–H and O–H groups in total. The van der Waals surface area contributed by atoms with Gasteiger partial charge in [0.05, 0.1) is 28.1 Å². The number of hydrogen-bond acceptors (Lipinski definition) is 5. The molecule has 1 aromatic heterocycles. The van der Waals surface area contributed by atoms with E-state index in [-0.39, 0.29) is 18.6 Å². The number of aromatic nitrogens is 1. The third kappa shape index (κ3) is 5.60. The number of piperidine rings is 1. The summed E-state index contributed by atoms with van der Waals surface area (Å²) < 4.78 is 15.1. The molecular weight excluding hydrogens is 520 g/mol. The Kier molecular flexibility index (Phi) is 8.18. The molecule has 2 aliphatic rings. The van der Waals surface area contributed by atoms with Crippen molar-refractivity contribution >= 4 is 16.9 Å². The first-order valence-electron chi connectivity index (χ1n) is 13.9. The van der Waals surface area contributed by atoms with E-state index in [0.29, 0.717) is 29.9 Å². The number of likely N-dealkylation sites (tertiary alicyclic amines) is 1. The monoisotopic (exact) mass is 556 g/mol. The molecule has 8 heteroatoms. The van der Waals surface area contributed by atoms with Gasteiger partial charge in [0.25, 0.3) is 5.91 Å². The lowest BCUT2D eigenvalue weighted by molar-refractivity contribution is 0.0718. The Morgan fingerprint density at radius 3 is 2.40 bits per heavy atom. The Balaban J connectivity index is 1.66. The third-order valence-corrected chi connectivity index (χ3v) is 9.47. The number of carbonyl (C=O) groups is 1. The second-order valence-corrected chi connectivity index (χ2v) is 13.7. The van der Waals surface area contributed by atoms with Gasteiger partial charge in [-0.15, -0.1) is 0 Å². The molecular formula is C32H36N4O3S. The van der Waals surface area contributed by atoms with Gasteiger partial charge in [-0.1, -0.05) is 30.3 Å². The normalized spacial score (nSPS) is 18.3. The molecule has 1 saturated heterocycles. The van der Waals surface area contributed by atoms with Crippen molar-refractivity contribution in [2.24, 2.45) is 0 Å². The molecule has 1 fully saturated rings. The first-order chi connectivity index (χ1) is 19.2. The number of nitriles is 1. The molecule has 0 aliphatic carbocycles. The molecule has 2 aromatic carbocycles. The Hall–Kier alpha value is -3.38. The fourth-order valence-electron chi connectivity index (χ4n) is 5.67. The van der Waals surface area contributed by atoms with Crippen molar-refractivity contribution in [2.75, 3.05) is 19.7 Å². The first-order valence-corrected chi connectivity index (χ1v) is 15.1. The van der Waals surface area contributed by atoms with Gasteiger partial charge in [-0.25, -0.2) is 13.5 Å². The fourth-order valence-corrected chi connectivity index (χ4v) is 7.07. The van der Waals surface area contributed by atoms with Crippen LogP contribution in [0.4, 0.5) is 0 Å². The third-order valence-electron chi connectivity index (χ3n) is 7.61. The molecule has 2 atom stereocenters. The van der Waals surface area contributed by atoms with Crippen LogP contribution in [-0.4, -0.2) is 53.9 Å². The largest absolute Gasteiger partial charge is 0.396 e. The van der Waals surface area contributed by atoms with Crippen LogP contribution in [0.1, 0.15) is 79.7 Å². The van der Waals surface area contributed by atoms with E-state index in [0.717, 1.165) is 60.2 Å². The zero-order valence-electron chi connectivity index (χ0n) is 23.4. The summed E-state index contributed by atoms with van der Waals surface area (Å²) in [6, 6.07) is 19.2. The summed E-state index contributed by atoms with van der Waals surface area (Å²) in [6.07, 6.45) is 3.52. The van der Waals surface area contributed by atoms with Crippen LogP contribution in [0.3, 0.4) is 0 Å². The van der Waals surface area contributed by atoms with Gasteiger partial charge in [0, 0.05) is 37.4 Å². The Labute approximate surface area is 239 Å². The van der Waals surface area contributed by atoms with Crippen LogP contribution in [0, 0.1) is 11.3 Å². The number of rotatable bonds is 6. The maximum atomic E-state index is 13.7. The number of carbonyl (C=O) groups excluding carboxylic acids is 1. The van der Waals surface area contributed by atoms with Gasteiger partial charge >= 0.3 is 0 Å². The zero-order valence-corrected chi connectivity index (χ0v) is 24.2. The summed E-state index contributed by atoms with van der Waals surface area (Å²) in [7, 11) is -1.33. The number of pyridine rings is 1. The van der Waals surface area contributed by atoms with Crippen molar-refractivity contribution in [3.8, 4) is 28.5 Å². The SMILES string of the molecule is CC(C)(C)[S@](=O)N1Cc2cc(C(=O)N3CCCCC3)nc(-c3cccc(-c4cccc(C#N)c4)c3)c2[C@@H]1CCO. The molecule has 0 spiro atoms. The van der Waals surface area contributed by atoms with Crippen molar-refractivity contribution in [1.29, 1.82) is 5.26 Å². The lowest BCUT2D eigenvalue weighted by Crippen LogP contribution is -2.36. The Bertz CT molecular complexity index is 1480. The van der Waals surface area contributed by atoms with E-state index in [1.165, 1.54) is 0 Å². The molecule has 3 aromatic rings. The molecule has 208 valence electrons. The predicted molar refractivity (Wildman–Crippen MR) is 157 cm³/mol. The molecule has 3 heterocycles. The first kappa shape index (κ1) is 28.2. The summed E-state index contributed by atoms with van der Waals surface area (Å²) in [5.41, 5.74) is 6.21. The minimum atomic E-state index is -1.33. The quantitative estimate of drug-likeness (QED) is 0.425. The van der Waals surface area contributed by atoms with Crippen molar-refractivity contribution in [3.05, 3.63) is 77.0 Å². The van der Waals surface area contributed by atoms with Gasteiger partial charge < -0.3 is 10.0 Å². The van der Waals surface area contributed by atoms with Gasteiger partial charge in [-0.05, 0) is 87.4 Å². The highest BCUT2D eigenvalue weighted by atomic mass is 32.2. The van der Waals surface area contributed by atoms with E-state index < -0.39 is 15.7 Å². The summed E-state index contributed by atoms with van der Waals surface area (Å²) in [5.74, 6) is -0.0734. The lowest BCUT2D eigenvalue weighted by Gasteiger charge is -2.30. The predicted octanol–water partition coefficient (Wildman–Crippen LogP) is 5.61. The molecule has 0 radical (unpaired) electrons. The van der Waals surface area contributed by atoms with Gasteiger partial charge in [0.1, 0.15) is 16.7 Å². The second kappa shape index (κ2) is 11.6. The number of nitrogens with zero attached hydrogens (tertiary/aromatic N) is 4. The number of hydrogen-bond donors (Lipinski definition) is 1. The number of benzene rings is 2. The highest BCUT2D eigenvalue weighted by molar-refractivity contribution is 7.84. The van der Waals surface area contributed by atoms with E-state index in [1.54, 1.807) is 6.07 Å². The molecule has 1 amide bonds. The minimum Gasteiger partial charge on any atom is -0.396 e. The Morgan fingerprint density at radius 2 is 1.73 bits per heavy atom. The number of aliphatic hydroxyl groups excluding tert-OH is 1. The van der Waals surface area contributed by atoms with Crippen molar-refractivity contribution in [3.63, 3.8) is 0 Å². The maximum absolute atomic E-state index is 13.7. The van der Waals surface area contributed by atoms with E-state index in [2.05, 4.69) is 6.07 Å². The van der Waals surface area contributed by atoms with Crippen LogP contribution in [0.2, 0.25) is 0 Å². The topological polar surface area (TPSA) is 97.5 Å². The smallest absolute Gasteiger partial charge is 0.272 e. The lowest BCUT2D eigenvalue weighted by atomic mass is 9.93. The average Bonchev–Trinajstić information content (AvgIpc) is 3.34. The van der Waals surface area contributed by atoms with Gasteiger partial charge in [0.15, 0.2) is 0 Å². The molecule has 5 rings (SSSR count). The second-order valence-electron chi connectivity index (χ2n) is 11.5. The summed E-state index contributed by atoms with van der Waals surface area (Å²) in [4.78, 5) is 20.5. The molecule has 40 heavy (non-hydrogen) atoms. The number of aliphatic hydroxyl groups is 1. The van der Waals surface area contributed by atoms with Crippen molar-refractivity contribution < 1.29 is 14.1 Å². The standard InChI is InChI=1S/C32H36N4O3S/c1-32(2,3)40(39)36-21-26-19-27(31(38)35-14-5-4-6-15-35)34-30(29(26)28(36)13-16-37)25-12-8-11-24(18-25)23-10-7-9-22(17-23)20-33/h7-12,17-19,28,37H,4-6,13-16,21H2,1-3H3/t28-,40-/m0/s1. The van der Waals surface area contributed by atoms with Gasteiger partial charge in [-0.3, -0.25) is 4.79 Å². The summed E-state index contributed by atoms with van der Waals surface area (Å²) in [6.45, 7) is 7.67. The van der Waals surface area contributed by atoms with Crippen molar-refractivity contribution in [1.82, 2.24) is 14.2 Å². The molecule has 0 unspecified atom stereocenters. The van der Waals surface area contributed by atoms with Crippen LogP contribution in [0.5, 0.6) is 0 Å². The molecule has 0 bridgehead atoms. The fraction of sp³-hybridized carbons (Fsp3) is 0.406. The summed E-state index contributed by atoms with van der Waals surface area (Å²) >= 11 is 0. The highest BCUT2D eigenvalue weighted by Crippen LogP contribution is 2.44. The van der Waals surface area contributed by atoms with Gasteiger partial charge in [-0.2, -0.15) is 5.26 Å². The van der Waals surface area contributed by atoms with Crippen LogP contribution >= 0.6 is 0 Å². The summed E-state index contributed by atoms with van der Waals surface area (Å²) in [5, 5.41) is 19.4. The minimum absolute atomic E-state index is 0.0587. The van der Waals surface area contributed by atoms with Crippen LogP contribution in [0.15, 0.2) is 54.6 Å². The number of fused-ring (bicyclic) bond motifs is 1. The van der Waals surface area contributed by atoms with E-state index >= 15 is 0 Å². The average molecular weight is 557 g/mol. The van der Waals surface area contributed by atoms with Crippen LogP contribution in [0.25, 0.3) is 22.4 Å². The highest BCUT2D eigenvalue weighted by Gasteiger charge is 2.40. The molecule has 2 aliphatic heterocycles. The van der Waals surface area contributed by atoms with Crippen molar-refractivity contribution in [2.45, 2.75) is 63.8 Å². The number of amides is 1. The maximum Gasteiger partial charge on any atom is 0.272 e. The van der Waals surface area contributed by atoms with Gasteiger partial charge in [0.2, 0.25) is 0 Å². The zero-order chi connectivity index (χ0) is 28.4. The van der Waals surface area contributed by atoms with E-state index in [1.807, 2.05) is 78.5 Å². The van der Waals surface area contributed by atoms with E-state index in [4.69, 9.17) is 4.98 Å². The molecule has 7 nitrogen and oxygen atoms in total. The molecule has 0 saturated carbocycles. The Morgan fingerprint density at radius 1 is 1.05 bits per heavy atom. The van der Waals surface area contributed by atoms with Crippen LogP contribution in [-0.2, 0) is 17.5 Å².